The summed E-state index contributed by atoms with van der Waals surface area (Å²) in [6, 6.07) is 0. The van der Waals surface area contributed by atoms with Crippen LogP contribution in [0.4, 0.5) is 0 Å². The number of rotatable bonds is 0. The van der Waals surface area contributed by atoms with Crippen LogP contribution in [-0.2, 0) is 0 Å². The van der Waals surface area contributed by atoms with E-state index in [-0.39, 0.29) is 0 Å². The number of nitrogens with zero attached hydrogens (tertiary/aromatic N) is 2. The average molecular weight is 136 g/mol. The van der Waals surface area contributed by atoms with Crippen LogP contribution in [0.2, 0.25) is 0 Å². The molecule has 54 valence electrons. The zero-order valence-corrected chi connectivity index (χ0v) is 6.30. The molecular weight excluding hydrogens is 124 g/mol. The second-order valence-electron chi connectivity index (χ2n) is 2.85. The quantitative estimate of drug-likeness (QED) is 0.470. The number of hydrogen-bond acceptors (Lipinski definition) is 2. The van der Waals surface area contributed by atoms with Gasteiger partial charge in [0.05, 0.1) is 0 Å². The van der Waals surface area contributed by atoms with E-state index in [1.807, 2.05) is 6.19 Å². The molecule has 1 rings (SSSR count). The van der Waals surface area contributed by atoms with Gasteiger partial charge in [0.25, 0.3) is 0 Å². The normalized spacial score (nSPS) is 30.0. The molecule has 0 N–H and O–H groups in total. The van der Waals surface area contributed by atoms with E-state index in [4.69, 9.17) is 5.26 Å². The Morgan fingerprint density at radius 3 is 3.00 bits per heavy atom. The van der Waals surface area contributed by atoms with Gasteiger partial charge in [-0.1, -0.05) is 13.3 Å². The summed E-state index contributed by atoms with van der Waals surface area (Å²) in [7, 11) is 0. The number of nitriles is 1. The zero-order chi connectivity index (χ0) is 7.40. The van der Waals surface area contributed by atoms with Crippen molar-refractivity contribution in [2.75, 3.05) is 0 Å². The van der Waals surface area contributed by atoms with Crippen molar-refractivity contribution >= 4 is 5.71 Å². The first-order valence-corrected chi connectivity index (χ1v) is 3.80. The Bertz CT molecular complexity index is 176. The molecule has 1 atom stereocenters. The third-order valence-corrected chi connectivity index (χ3v) is 2.08. The lowest BCUT2D eigenvalue weighted by atomic mass is 9.89. The van der Waals surface area contributed by atoms with E-state index in [1.165, 1.54) is 19.3 Å². The van der Waals surface area contributed by atoms with Gasteiger partial charge in [0.2, 0.25) is 6.19 Å². The Labute approximate surface area is 61.6 Å². The van der Waals surface area contributed by atoms with Crippen molar-refractivity contribution in [1.82, 2.24) is 0 Å². The lowest BCUT2D eigenvalue weighted by molar-refractivity contribution is 0.560. The van der Waals surface area contributed by atoms with E-state index < -0.39 is 0 Å². The Kier molecular flexibility index (Phi) is 2.44. The summed E-state index contributed by atoms with van der Waals surface area (Å²) in [5.74, 6) is 0.549. The van der Waals surface area contributed by atoms with Gasteiger partial charge in [-0.3, -0.25) is 0 Å². The second-order valence-corrected chi connectivity index (χ2v) is 2.85. The third-order valence-electron chi connectivity index (χ3n) is 2.08. The molecule has 1 saturated carbocycles. The fraction of sp³-hybridized carbons (Fsp3) is 0.750. The monoisotopic (exact) mass is 136 g/mol. The van der Waals surface area contributed by atoms with Gasteiger partial charge in [-0.05, 0) is 25.2 Å². The molecule has 0 aromatic heterocycles. The van der Waals surface area contributed by atoms with Crippen molar-refractivity contribution in [2.24, 2.45) is 10.9 Å². The summed E-state index contributed by atoms with van der Waals surface area (Å²) in [4.78, 5) is 3.79. The van der Waals surface area contributed by atoms with Gasteiger partial charge >= 0.3 is 0 Å². The Hall–Kier alpha value is -0.840. The van der Waals surface area contributed by atoms with Crippen molar-refractivity contribution < 1.29 is 0 Å². The molecule has 2 heteroatoms. The minimum absolute atomic E-state index is 0.549. The molecule has 0 aliphatic heterocycles. The highest BCUT2D eigenvalue weighted by Crippen LogP contribution is 2.20. The molecular formula is C8H12N2. The lowest BCUT2D eigenvalue weighted by Crippen LogP contribution is -2.15. The molecule has 0 spiro atoms. The Balaban J connectivity index is 2.58. The van der Waals surface area contributed by atoms with Gasteiger partial charge < -0.3 is 0 Å². The minimum Gasteiger partial charge on any atom is -0.182 e. The highest BCUT2D eigenvalue weighted by molar-refractivity contribution is 5.87. The maximum Gasteiger partial charge on any atom is 0.205 e. The molecule has 1 unspecified atom stereocenters. The maximum absolute atomic E-state index is 8.30. The SMILES string of the molecule is CC1CCCC/C1=N\C#N. The molecule has 0 saturated heterocycles. The molecule has 0 radical (unpaired) electrons. The highest BCUT2D eigenvalue weighted by Gasteiger charge is 2.14. The summed E-state index contributed by atoms with van der Waals surface area (Å²) < 4.78 is 0. The van der Waals surface area contributed by atoms with Gasteiger partial charge in [-0.2, -0.15) is 10.3 Å². The molecule has 2 nitrogen and oxygen atoms in total. The van der Waals surface area contributed by atoms with Crippen LogP contribution in [-0.4, -0.2) is 5.71 Å². The van der Waals surface area contributed by atoms with E-state index in [9.17, 15) is 0 Å². The predicted octanol–water partition coefficient (Wildman–Crippen LogP) is 2.12. The lowest BCUT2D eigenvalue weighted by Gasteiger charge is -2.18. The van der Waals surface area contributed by atoms with Crippen LogP contribution < -0.4 is 0 Å². The molecule has 10 heavy (non-hydrogen) atoms. The molecule has 0 aromatic rings. The Morgan fingerprint density at radius 1 is 1.60 bits per heavy atom. The second kappa shape index (κ2) is 3.36. The maximum atomic E-state index is 8.30. The first kappa shape index (κ1) is 7.27. The van der Waals surface area contributed by atoms with Gasteiger partial charge in [0.1, 0.15) is 0 Å². The summed E-state index contributed by atoms with van der Waals surface area (Å²) in [6.07, 6.45) is 6.61. The van der Waals surface area contributed by atoms with Crippen molar-refractivity contribution in [3.63, 3.8) is 0 Å². The van der Waals surface area contributed by atoms with Crippen molar-refractivity contribution in [3.8, 4) is 6.19 Å². The zero-order valence-electron chi connectivity index (χ0n) is 6.30. The first-order valence-electron chi connectivity index (χ1n) is 3.80. The van der Waals surface area contributed by atoms with Crippen molar-refractivity contribution in [1.29, 1.82) is 5.26 Å². The van der Waals surface area contributed by atoms with Crippen LogP contribution in [0.3, 0.4) is 0 Å². The van der Waals surface area contributed by atoms with E-state index >= 15 is 0 Å². The topological polar surface area (TPSA) is 36.1 Å². The highest BCUT2D eigenvalue weighted by atomic mass is 14.7. The average Bonchev–Trinajstić information content (AvgIpc) is 1.94. The fourth-order valence-corrected chi connectivity index (χ4v) is 1.40. The Morgan fingerprint density at radius 2 is 2.40 bits per heavy atom. The van der Waals surface area contributed by atoms with Gasteiger partial charge in [0.15, 0.2) is 0 Å². The predicted molar refractivity (Wildman–Crippen MR) is 40.7 cm³/mol. The van der Waals surface area contributed by atoms with Crippen LogP contribution in [0.25, 0.3) is 0 Å². The van der Waals surface area contributed by atoms with Crippen LogP contribution in [0, 0.1) is 17.4 Å². The van der Waals surface area contributed by atoms with Crippen molar-refractivity contribution in [2.45, 2.75) is 32.6 Å². The summed E-state index contributed by atoms with van der Waals surface area (Å²) in [6.45, 7) is 2.15. The summed E-state index contributed by atoms with van der Waals surface area (Å²) in [5, 5.41) is 8.30. The standard InChI is InChI=1S/C8H12N2/c1-7-4-2-3-5-8(7)10-6-9/h7H,2-5H2,1H3/b10-8+. The van der Waals surface area contributed by atoms with Crippen LogP contribution in [0.5, 0.6) is 0 Å². The molecule has 1 fully saturated rings. The van der Waals surface area contributed by atoms with Gasteiger partial charge in [-0.15, -0.1) is 0 Å². The van der Waals surface area contributed by atoms with E-state index in [1.54, 1.807) is 0 Å². The fourth-order valence-electron chi connectivity index (χ4n) is 1.40. The van der Waals surface area contributed by atoms with Crippen LogP contribution in [0.15, 0.2) is 4.99 Å². The van der Waals surface area contributed by atoms with E-state index in [2.05, 4.69) is 11.9 Å². The summed E-state index contributed by atoms with van der Waals surface area (Å²) >= 11 is 0. The van der Waals surface area contributed by atoms with Gasteiger partial charge in [0, 0.05) is 5.71 Å². The smallest absolute Gasteiger partial charge is 0.182 e. The molecule has 1 aliphatic rings. The third kappa shape index (κ3) is 1.57. The van der Waals surface area contributed by atoms with E-state index in [0.29, 0.717) is 5.92 Å². The molecule has 1 aliphatic carbocycles. The van der Waals surface area contributed by atoms with Crippen LogP contribution >= 0.6 is 0 Å². The van der Waals surface area contributed by atoms with Crippen molar-refractivity contribution in [3.05, 3.63) is 0 Å². The molecule has 0 bridgehead atoms. The first-order chi connectivity index (χ1) is 4.84. The molecule has 0 amide bonds. The summed E-state index contributed by atoms with van der Waals surface area (Å²) in [5.41, 5.74) is 1.11. The largest absolute Gasteiger partial charge is 0.205 e. The van der Waals surface area contributed by atoms with E-state index in [0.717, 1.165) is 12.1 Å². The van der Waals surface area contributed by atoms with Crippen LogP contribution in [0.1, 0.15) is 32.6 Å². The van der Waals surface area contributed by atoms with Gasteiger partial charge in [-0.25, -0.2) is 0 Å². The molecule has 0 aromatic carbocycles. The minimum atomic E-state index is 0.549. The molecule has 0 heterocycles. The number of aliphatic imine (C=N–C) groups is 1. The number of hydrogen-bond donors (Lipinski definition) is 0.